The summed E-state index contributed by atoms with van der Waals surface area (Å²) in [5, 5.41) is 3.27. The summed E-state index contributed by atoms with van der Waals surface area (Å²) in [5.74, 6) is -0.262. The normalized spacial score (nSPS) is 15.8. The van der Waals surface area contributed by atoms with Gasteiger partial charge in [0.25, 0.3) is 5.91 Å². The van der Waals surface area contributed by atoms with Crippen molar-refractivity contribution in [2.45, 2.75) is 24.7 Å². The molecule has 1 saturated heterocycles. The van der Waals surface area contributed by atoms with Crippen LogP contribution in [-0.2, 0) is 10.0 Å². The maximum absolute atomic E-state index is 12.7. The van der Waals surface area contributed by atoms with Crippen LogP contribution in [0, 0.1) is 0 Å². The van der Waals surface area contributed by atoms with Crippen LogP contribution in [0.2, 0.25) is 0 Å². The Labute approximate surface area is 156 Å². The van der Waals surface area contributed by atoms with Gasteiger partial charge in [0, 0.05) is 52.9 Å². The monoisotopic (exact) mass is 382 g/mol. The van der Waals surface area contributed by atoms with Crippen LogP contribution in [-0.4, -0.2) is 77.0 Å². The Morgan fingerprint density at radius 2 is 1.96 bits per heavy atom. The molecular formula is C18H30N4O3S. The number of amides is 1. The van der Waals surface area contributed by atoms with Gasteiger partial charge in [0.15, 0.2) is 0 Å². The van der Waals surface area contributed by atoms with Gasteiger partial charge in [0.2, 0.25) is 10.0 Å². The van der Waals surface area contributed by atoms with Crippen LogP contribution >= 0.6 is 0 Å². The number of piperazine rings is 1. The molecule has 146 valence electrons. The Hall–Kier alpha value is -1.48. The van der Waals surface area contributed by atoms with Crippen LogP contribution in [0.15, 0.2) is 29.2 Å². The molecule has 0 aliphatic carbocycles. The van der Waals surface area contributed by atoms with E-state index in [0.29, 0.717) is 19.6 Å². The third-order valence-corrected chi connectivity index (χ3v) is 6.05. The van der Waals surface area contributed by atoms with E-state index in [9.17, 15) is 13.2 Å². The van der Waals surface area contributed by atoms with Crippen LogP contribution in [0.1, 0.15) is 30.1 Å². The summed E-state index contributed by atoms with van der Waals surface area (Å²) in [4.78, 5) is 16.5. The van der Waals surface area contributed by atoms with Crippen molar-refractivity contribution < 1.29 is 13.2 Å². The molecule has 1 aromatic rings. The Morgan fingerprint density at radius 1 is 1.27 bits per heavy atom. The number of unbranched alkanes of at least 4 members (excludes halogenated alkanes) is 1. The molecule has 0 atom stereocenters. The highest BCUT2D eigenvalue weighted by Gasteiger charge is 2.23. The van der Waals surface area contributed by atoms with Gasteiger partial charge in [-0.3, -0.25) is 9.69 Å². The number of rotatable bonds is 9. The molecule has 0 spiro atoms. The predicted molar refractivity (Wildman–Crippen MR) is 103 cm³/mol. The van der Waals surface area contributed by atoms with Gasteiger partial charge in [-0.15, -0.1) is 0 Å². The topological polar surface area (TPSA) is 81.8 Å². The van der Waals surface area contributed by atoms with Crippen LogP contribution in [0.5, 0.6) is 0 Å². The summed E-state index contributed by atoms with van der Waals surface area (Å²) < 4.78 is 28.1. The highest BCUT2D eigenvalue weighted by molar-refractivity contribution is 7.89. The van der Waals surface area contributed by atoms with Gasteiger partial charge in [-0.1, -0.05) is 25.5 Å². The molecule has 1 aliphatic rings. The SMILES string of the molecule is CCCCN(C)C(=O)c1ccccc1S(=O)(=O)NCCN1CCNCC1. The van der Waals surface area contributed by atoms with Crippen LogP contribution in [0.3, 0.4) is 0 Å². The van der Waals surface area contributed by atoms with E-state index in [0.717, 1.165) is 39.0 Å². The van der Waals surface area contributed by atoms with Crippen molar-refractivity contribution in [1.82, 2.24) is 19.8 Å². The van der Waals surface area contributed by atoms with E-state index in [-0.39, 0.29) is 16.4 Å². The molecule has 0 aromatic heterocycles. The second-order valence-corrected chi connectivity index (χ2v) is 8.30. The van der Waals surface area contributed by atoms with E-state index < -0.39 is 10.0 Å². The standard InChI is InChI=1S/C18H30N4O3S/c1-3-4-12-21(2)18(23)16-7-5-6-8-17(16)26(24,25)20-11-15-22-13-9-19-10-14-22/h5-8,19-20H,3-4,9-15H2,1-2H3. The lowest BCUT2D eigenvalue weighted by molar-refractivity contribution is 0.0789. The summed E-state index contributed by atoms with van der Waals surface area (Å²) in [6.45, 7) is 7.34. The first-order valence-electron chi connectivity index (χ1n) is 9.23. The summed E-state index contributed by atoms with van der Waals surface area (Å²) in [7, 11) is -2.02. The predicted octanol–water partition coefficient (Wildman–Crippen LogP) is 0.742. The lowest BCUT2D eigenvalue weighted by Crippen LogP contribution is -2.46. The van der Waals surface area contributed by atoms with Crippen molar-refractivity contribution in [2.24, 2.45) is 0 Å². The molecule has 1 amide bonds. The van der Waals surface area contributed by atoms with E-state index in [4.69, 9.17) is 0 Å². The fourth-order valence-electron chi connectivity index (χ4n) is 2.93. The van der Waals surface area contributed by atoms with Crippen LogP contribution < -0.4 is 10.0 Å². The number of hydrogen-bond acceptors (Lipinski definition) is 5. The largest absolute Gasteiger partial charge is 0.342 e. The molecule has 7 nitrogen and oxygen atoms in total. The lowest BCUT2D eigenvalue weighted by Gasteiger charge is -2.27. The molecule has 1 heterocycles. The zero-order valence-electron chi connectivity index (χ0n) is 15.7. The molecule has 0 bridgehead atoms. The molecule has 0 radical (unpaired) electrons. The van der Waals surface area contributed by atoms with Crippen molar-refractivity contribution in [3.8, 4) is 0 Å². The van der Waals surface area contributed by atoms with E-state index in [1.807, 2.05) is 0 Å². The summed E-state index contributed by atoms with van der Waals surface area (Å²) in [6.07, 6.45) is 1.87. The number of benzene rings is 1. The molecule has 1 aliphatic heterocycles. The summed E-state index contributed by atoms with van der Waals surface area (Å²) in [6, 6.07) is 6.41. The van der Waals surface area contributed by atoms with Gasteiger partial charge in [-0.05, 0) is 18.6 Å². The second-order valence-electron chi connectivity index (χ2n) is 6.57. The molecule has 1 aromatic carbocycles. The molecule has 0 saturated carbocycles. The number of sulfonamides is 1. The van der Waals surface area contributed by atoms with Gasteiger partial charge in [0.1, 0.15) is 0 Å². The zero-order chi connectivity index (χ0) is 19.0. The number of nitrogens with one attached hydrogen (secondary N) is 2. The fraction of sp³-hybridized carbons (Fsp3) is 0.611. The van der Waals surface area contributed by atoms with Crippen molar-refractivity contribution >= 4 is 15.9 Å². The summed E-state index contributed by atoms with van der Waals surface area (Å²) >= 11 is 0. The van der Waals surface area contributed by atoms with Crippen LogP contribution in [0.4, 0.5) is 0 Å². The Morgan fingerprint density at radius 3 is 2.65 bits per heavy atom. The number of hydrogen-bond donors (Lipinski definition) is 2. The third kappa shape index (κ3) is 5.77. The molecule has 8 heteroatoms. The molecular weight excluding hydrogens is 352 g/mol. The molecule has 2 rings (SSSR count). The number of nitrogens with zero attached hydrogens (tertiary/aromatic N) is 2. The van der Waals surface area contributed by atoms with Crippen LogP contribution in [0.25, 0.3) is 0 Å². The van der Waals surface area contributed by atoms with Crippen molar-refractivity contribution in [3.05, 3.63) is 29.8 Å². The quantitative estimate of drug-likeness (QED) is 0.658. The van der Waals surface area contributed by atoms with E-state index in [2.05, 4.69) is 21.9 Å². The molecule has 1 fully saturated rings. The minimum atomic E-state index is -3.73. The van der Waals surface area contributed by atoms with Crippen molar-refractivity contribution in [1.29, 1.82) is 0 Å². The van der Waals surface area contributed by atoms with Gasteiger partial charge < -0.3 is 10.2 Å². The average Bonchev–Trinajstić information content (AvgIpc) is 2.66. The van der Waals surface area contributed by atoms with Gasteiger partial charge >= 0.3 is 0 Å². The van der Waals surface area contributed by atoms with E-state index >= 15 is 0 Å². The van der Waals surface area contributed by atoms with Gasteiger partial charge in [-0.2, -0.15) is 0 Å². The Balaban J connectivity index is 2.05. The second kappa shape index (κ2) is 10.0. The van der Waals surface area contributed by atoms with Gasteiger partial charge in [-0.25, -0.2) is 13.1 Å². The van der Waals surface area contributed by atoms with Crippen molar-refractivity contribution in [3.63, 3.8) is 0 Å². The average molecular weight is 383 g/mol. The maximum Gasteiger partial charge on any atom is 0.254 e. The summed E-state index contributed by atoms with van der Waals surface area (Å²) in [5.41, 5.74) is 0.223. The first-order chi connectivity index (χ1) is 12.5. The molecule has 26 heavy (non-hydrogen) atoms. The minimum Gasteiger partial charge on any atom is -0.342 e. The molecule has 2 N–H and O–H groups in total. The number of carbonyl (C=O) groups excluding carboxylic acids is 1. The molecule has 0 unspecified atom stereocenters. The Bertz CT molecular complexity index is 687. The first kappa shape index (κ1) is 20.8. The number of carbonyl (C=O) groups is 1. The smallest absolute Gasteiger partial charge is 0.254 e. The first-order valence-corrected chi connectivity index (χ1v) is 10.7. The maximum atomic E-state index is 12.7. The Kier molecular flexibility index (Phi) is 8.02. The van der Waals surface area contributed by atoms with Gasteiger partial charge in [0.05, 0.1) is 10.5 Å². The minimum absolute atomic E-state index is 0.0497. The lowest BCUT2D eigenvalue weighted by atomic mass is 10.2. The van der Waals surface area contributed by atoms with E-state index in [1.165, 1.54) is 6.07 Å². The van der Waals surface area contributed by atoms with E-state index in [1.54, 1.807) is 30.1 Å². The van der Waals surface area contributed by atoms with Crippen molar-refractivity contribution in [2.75, 3.05) is 52.9 Å². The highest BCUT2D eigenvalue weighted by Crippen LogP contribution is 2.17. The highest BCUT2D eigenvalue weighted by atomic mass is 32.2. The fourth-order valence-corrected chi connectivity index (χ4v) is 4.15. The zero-order valence-corrected chi connectivity index (χ0v) is 16.5. The third-order valence-electron chi connectivity index (χ3n) is 4.53.